The molecule has 0 amide bonds. The lowest BCUT2D eigenvalue weighted by molar-refractivity contribution is -0.146. The molecule has 0 fully saturated rings. The number of aryl methyl sites for hydroxylation is 1. The first-order chi connectivity index (χ1) is 6.99. The van der Waals surface area contributed by atoms with Crippen molar-refractivity contribution in [2.45, 2.75) is 33.7 Å². The summed E-state index contributed by atoms with van der Waals surface area (Å²) in [7, 11) is 0. The van der Waals surface area contributed by atoms with Crippen LogP contribution in [-0.2, 0) is 9.53 Å². The smallest absolute Gasteiger partial charge is 0.330 e. The van der Waals surface area contributed by atoms with Gasteiger partial charge in [-0.25, -0.2) is 4.79 Å². The molecule has 1 atom stereocenters. The Hall–Kier alpha value is -1.03. The Bertz CT molecular complexity index is 374. The number of rotatable bonds is 3. The Kier molecular flexibility index (Phi) is 3.74. The third-order valence-corrected chi connectivity index (χ3v) is 2.78. The molecule has 0 aliphatic rings. The van der Waals surface area contributed by atoms with E-state index in [1.165, 1.54) is 0 Å². The highest BCUT2D eigenvalue weighted by Gasteiger charge is 2.21. The van der Waals surface area contributed by atoms with E-state index in [-0.39, 0.29) is 5.97 Å². The molecule has 1 aromatic heterocycles. The first kappa shape index (κ1) is 12.0. The highest BCUT2D eigenvalue weighted by Crippen LogP contribution is 2.22. The maximum atomic E-state index is 11.5. The number of carbonyl (C=O) groups excluding carboxylic acids is 1. The number of esters is 1. The number of nitrogens with zero attached hydrogens (tertiary/aromatic N) is 2. The van der Waals surface area contributed by atoms with Crippen LogP contribution in [0.1, 0.15) is 31.3 Å². The highest BCUT2D eigenvalue weighted by atomic mass is 35.5. The lowest BCUT2D eigenvalue weighted by Crippen LogP contribution is -2.21. The van der Waals surface area contributed by atoms with Gasteiger partial charge in [-0.3, -0.25) is 4.68 Å². The van der Waals surface area contributed by atoms with Gasteiger partial charge in [-0.2, -0.15) is 5.10 Å². The van der Waals surface area contributed by atoms with Gasteiger partial charge in [0.2, 0.25) is 0 Å². The van der Waals surface area contributed by atoms with Crippen molar-refractivity contribution in [3.63, 3.8) is 0 Å². The van der Waals surface area contributed by atoms with Crippen molar-refractivity contribution in [1.29, 1.82) is 0 Å². The average Bonchev–Trinajstić information content (AvgIpc) is 2.45. The maximum absolute atomic E-state index is 11.5. The van der Waals surface area contributed by atoms with Crippen molar-refractivity contribution in [3.8, 4) is 0 Å². The Morgan fingerprint density at radius 3 is 2.60 bits per heavy atom. The number of hydrogen-bond donors (Lipinski definition) is 0. The van der Waals surface area contributed by atoms with Gasteiger partial charge in [-0.1, -0.05) is 11.6 Å². The quantitative estimate of drug-likeness (QED) is 0.749. The fourth-order valence-electron chi connectivity index (χ4n) is 1.38. The van der Waals surface area contributed by atoms with Crippen LogP contribution in [0.3, 0.4) is 0 Å². The van der Waals surface area contributed by atoms with Crippen LogP contribution in [-0.4, -0.2) is 22.4 Å². The van der Waals surface area contributed by atoms with Gasteiger partial charge in [0.1, 0.15) is 6.04 Å². The van der Waals surface area contributed by atoms with Crippen molar-refractivity contribution < 1.29 is 9.53 Å². The zero-order chi connectivity index (χ0) is 11.6. The van der Waals surface area contributed by atoms with Gasteiger partial charge < -0.3 is 4.74 Å². The van der Waals surface area contributed by atoms with Crippen LogP contribution >= 0.6 is 11.6 Å². The number of ether oxygens (including phenoxy) is 1. The molecular weight excluding hydrogens is 216 g/mol. The fourth-order valence-corrected chi connectivity index (χ4v) is 1.51. The summed E-state index contributed by atoms with van der Waals surface area (Å²) in [5.41, 5.74) is 1.51. The molecule has 84 valence electrons. The second-order valence-corrected chi connectivity index (χ2v) is 3.74. The van der Waals surface area contributed by atoms with Crippen LogP contribution < -0.4 is 0 Å². The van der Waals surface area contributed by atoms with E-state index < -0.39 is 6.04 Å². The molecule has 15 heavy (non-hydrogen) atoms. The third kappa shape index (κ3) is 2.31. The van der Waals surface area contributed by atoms with Gasteiger partial charge in [-0.05, 0) is 27.7 Å². The summed E-state index contributed by atoms with van der Waals surface area (Å²) in [6, 6.07) is -0.434. The monoisotopic (exact) mass is 230 g/mol. The molecule has 0 bridgehead atoms. The maximum Gasteiger partial charge on any atom is 0.330 e. The van der Waals surface area contributed by atoms with E-state index in [1.807, 2.05) is 13.8 Å². The minimum Gasteiger partial charge on any atom is -0.464 e. The molecule has 4 nitrogen and oxygen atoms in total. The summed E-state index contributed by atoms with van der Waals surface area (Å²) >= 11 is 5.99. The largest absolute Gasteiger partial charge is 0.464 e. The summed E-state index contributed by atoms with van der Waals surface area (Å²) in [6.45, 7) is 7.53. The normalized spacial score (nSPS) is 12.6. The van der Waals surface area contributed by atoms with Gasteiger partial charge in [0, 0.05) is 0 Å². The van der Waals surface area contributed by atoms with E-state index in [4.69, 9.17) is 16.3 Å². The minimum atomic E-state index is -0.434. The molecule has 1 heterocycles. The fraction of sp³-hybridized carbons (Fsp3) is 0.600. The molecule has 0 aliphatic carbocycles. The third-order valence-electron chi connectivity index (χ3n) is 2.23. The van der Waals surface area contributed by atoms with E-state index in [1.54, 1.807) is 18.5 Å². The molecule has 5 heteroatoms. The molecule has 0 aromatic carbocycles. The topological polar surface area (TPSA) is 44.1 Å². The second-order valence-electron chi connectivity index (χ2n) is 3.36. The van der Waals surface area contributed by atoms with Crippen LogP contribution in [0.25, 0.3) is 0 Å². The predicted molar refractivity (Wildman–Crippen MR) is 58.1 cm³/mol. The van der Waals surface area contributed by atoms with Gasteiger partial charge in [0.15, 0.2) is 0 Å². The standard InChI is InChI=1S/C10H15ClN2O2/c1-5-15-10(14)8(4)13-7(3)9(11)6(2)12-13/h8H,5H2,1-4H3/t8-/m0/s1. The zero-order valence-electron chi connectivity index (χ0n) is 9.37. The summed E-state index contributed by atoms with van der Waals surface area (Å²) in [5.74, 6) is -0.292. The molecule has 0 radical (unpaired) electrons. The van der Waals surface area contributed by atoms with Crippen LogP contribution in [0.4, 0.5) is 0 Å². The Morgan fingerprint density at radius 1 is 1.60 bits per heavy atom. The van der Waals surface area contributed by atoms with Gasteiger partial charge in [-0.15, -0.1) is 0 Å². The molecule has 1 aromatic rings. The molecular formula is C10H15ClN2O2. The Balaban J connectivity index is 2.96. The lowest BCUT2D eigenvalue weighted by Gasteiger charge is -2.12. The van der Waals surface area contributed by atoms with Crippen LogP contribution in [0.5, 0.6) is 0 Å². The second kappa shape index (κ2) is 4.66. The summed E-state index contributed by atoms with van der Waals surface area (Å²) in [4.78, 5) is 11.5. The van der Waals surface area contributed by atoms with Gasteiger partial charge in [0.25, 0.3) is 0 Å². The molecule has 0 saturated heterocycles. The highest BCUT2D eigenvalue weighted by molar-refractivity contribution is 6.31. The first-order valence-electron chi connectivity index (χ1n) is 4.86. The number of halogens is 1. The molecule has 0 aliphatic heterocycles. The summed E-state index contributed by atoms with van der Waals surface area (Å²) < 4.78 is 6.51. The predicted octanol–water partition coefficient (Wildman–Crippen LogP) is 2.28. The van der Waals surface area contributed by atoms with E-state index in [2.05, 4.69) is 5.10 Å². The molecule has 0 N–H and O–H groups in total. The van der Waals surface area contributed by atoms with Crippen molar-refractivity contribution in [2.24, 2.45) is 0 Å². The van der Waals surface area contributed by atoms with Gasteiger partial charge >= 0.3 is 5.97 Å². The SMILES string of the molecule is CCOC(=O)[C@H](C)n1nc(C)c(Cl)c1C. The average molecular weight is 231 g/mol. The summed E-state index contributed by atoms with van der Waals surface area (Å²) in [5, 5.41) is 4.80. The molecule has 1 rings (SSSR count). The minimum absolute atomic E-state index is 0.292. The molecule has 0 unspecified atom stereocenters. The Labute approximate surface area is 94.2 Å². The molecule has 0 saturated carbocycles. The van der Waals surface area contributed by atoms with Crippen molar-refractivity contribution >= 4 is 17.6 Å². The van der Waals surface area contributed by atoms with Crippen molar-refractivity contribution in [1.82, 2.24) is 9.78 Å². The van der Waals surface area contributed by atoms with Crippen LogP contribution in [0, 0.1) is 13.8 Å². The van der Waals surface area contributed by atoms with E-state index >= 15 is 0 Å². The van der Waals surface area contributed by atoms with E-state index in [9.17, 15) is 4.79 Å². The number of hydrogen-bond acceptors (Lipinski definition) is 3. The first-order valence-corrected chi connectivity index (χ1v) is 5.24. The Morgan fingerprint density at radius 2 is 2.20 bits per heavy atom. The zero-order valence-corrected chi connectivity index (χ0v) is 10.1. The van der Waals surface area contributed by atoms with Crippen LogP contribution in [0.2, 0.25) is 5.02 Å². The van der Waals surface area contributed by atoms with E-state index in [0.717, 1.165) is 11.4 Å². The molecule has 0 spiro atoms. The van der Waals surface area contributed by atoms with Crippen molar-refractivity contribution in [3.05, 3.63) is 16.4 Å². The van der Waals surface area contributed by atoms with Crippen molar-refractivity contribution in [2.75, 3.05) is 6.61 Å². The van der Waals surface area contributed by atoms with E-state index in [0.29, 0.717) is 11.6 Å². The number of aromatic nitrogens is 2. The lowest BCUT2D eigenvalue weighted by atomic mass is 10.3. The van der Waals surface area contributed by atoms with Crippen LogP contribution in [0.15, 0.2) is 0 Å². The number of carbonyl (C=O) groups is 1. The summed E-state index contributed by atoms with van der Waals surface area (Å²) in [6.07, 6.45) is 0. The van der Waals surface area contributed by atoms with Gasteiger partial charge in [0.05, 0.1) is 23.0 Å².